The van der Waals surface area contributed by atoms with Crippen molar-refractivity contribution in [1.82, 2.24) is 9.80 Å². The number of nitrogens with zero attached hydrogens (tertiary/aromatic N) is 2. The lowest BCUT2D eigenvalue weighted by atomic mass is 9.91. The molecule has 6 heteroatoms. The molecule has 0 N–H and O–H groups in total. The number of hydrogen-bond acceptors (Lipinski definition) is 4. The van der Waals surface area contributed by atoms with Crippen LogP contribution >= 0.6 is 0 Å². The van der Waals surface area contributed by atoms with E-state index in [0.717, 1.165) is 44.2 Å². The van der Waals surface area contributed by atoms with Gasteiger partial charge in [-0.05, 0) is 50.5 Å². The van der Waals surface area contributed by atoms with Crippen molar-refractivity contribution in [1.29, 1.82) is 0 Å². The van der Waals surface area contributed by atoms with Crippen LogP contribution in [-0.2, 0) is 20.9 Å². The van der Waals surface area contributed by atoms with Gasteiger partial charge in [-0.25, -0.2) is 4.79 Å². The molecule has 1 atom stereocenters. The summed E-state index contributed by atoms with van der Waals surface area (Å²) < 4.78 is 5.41. The van der Waals surface area contributed by atoms with Gasteiger partial charge in [-0.1, -0.05) is 30.3 Å². The van der Waals surface area contributed by atoms with Crippen molar-refractivity contribution in [3.05, 3.63) is 35.9 Å². The molecule has 1 aromatic rings. The van der Waals surface area contributed by atoms with E-state index in [-0.39, 0.29) is 23.7 Å². The molecule has 6 nitrogen and oxygen atoms in total. The first kappa shape index (κ1) is 21.3. The Balaban J connectivity index is 1.34. The van der Waals surface area contributed by atoms with Gasteiger partial charge in [0.2, 0.25) is 5.91 Å². The molecule has 0 aromatic heterocycles. The Kier molecular flexibility index (Phi) is 7.67. The second-order valence-electron chi connectivity index (χ2n) is 8.30. The van der Waals surface area contributed by atoms with Crippen LogP contribution in [0.5, 0.6) is 0 Å². The van der Waals surface area contributed by atoms with E-state index < -0.39 is 0 Å². The van der Waals surface area contributed by atoms with E-state index in [0.29, 0.717) is 38.6 Å². The molecule has 2 saturated heterocycles. The van der Waals surface area contributed by atoms with Crippen LogP contribution in [0.25, 0.3) is 0 Å². The summed E-state index contributed by atoms with van der Waals surface area (Å²) in [5.41, 5.74) is 0.985. The van der Waals surface area contributed by atoms with Crippen molar-refractivity contribution in [3.63, 3.8) is 0 Å². The lowest BCUT2D eigenvalue weighted by Crippen LogP contribution is -2.42. The molecule has 0 saturated carbocycles. The number of hydrogen-bond donors (Lipinski definition) is 0. The minimum Gasteiger partial charge on any atom is -0.445 e. The van der Waals surface area contributed by atoms with Crippen LogP contribution in [-0.4, -0.2) is 53.8 Å². The summed E-state index contributed by atoms with van der Waals surface area (Å²) in [7, 11) is 0. The average Bonchev–Trinajstić information content (AvgIpc) is 2.77. The molecular formula is C23H32N2O4. The van der Waals surface area contributed by atoms with Crippen LogP contribution in [0, 0.1) is 11.8 Å². The minimum absolute atomic E-state index is 0.0119. The van der Waals surface area contributed by atoms with Crippen LogP contribution in [0.15, 0.2) is 30.3 Å². The third-order valence-electron chi connectivity index (χ3n) is 6.19. The molecule has 2 aliphatic heterocycles. The lowest BCUT2D eigenvalue weighted by molar-refractivity contribution is -0.135. The van der Waals surface area contributed by atoms with Gasteiger partial charge in [0, 0.05) is 38.5 Å². The van der Waals surface area contributed by atoms with Crippen LogP contribution in [0.4, 0.5) is 4.79 Å². The zero-order valence-corrected chi connectivity index (χ0v) is 17.3. The molecule has 158 valence electrons. The van der Waals surface area contributed by atoms with Gasteiger partial charge in [-0.2, -0.15) is 0 Å². The van der Waals surface area contributed by atoms with Crippen molar-refractivity contribution >= 4 is 17.8 Å². The summed E-state index contributed by atoms with van der Waals surface area (Å²) in [4.78, 5) is 40.0. The van der Waals surface area contributed by atoms with E-state index >= 15 is 0 Å². The zero-order valence-electron chi connectivity index (χ0n) is 17.3. The largest absolute Gasteiger partial charge is 0.445 e. The first-order valence-electron chi connectivity index (χ1n) is 10.8. The van der Waals surface area contributed by atoms with E-state index in [9.17, 15) is 14.4 Å². The van der Waals surface area contributed by atoms with Crippen LogP contribution in [0.3, 0.4) is 0 Å². The molecular weight excluding hydrogens is 368 g/mol. The number of ketones is 1. The third-order valence-corrected chi connectivity index (χ3v) is 6.19. The summed E-state index contributed by atoms with van der Waals surface area (Å²) in [6.07, 6.45) is 4.76. The monoisotopic (exact) mass is 400 g/mol. The number of likely N-dealkylation sites (tertiary alicyclic amines) is 2. The van der Waals surface area contributed by atoms with Gasteiger partial charge in [0.15, 0.2) is 0 Å². The Morgan fingerprint density at radius 1 is 1.00 bits per heavy atom. The second kappa shape index (κ2) is 10.4. The maximum atomic E-state index is 12.5. The predicted octanol–water partition coefficient (Wildman–Crippen LogP) is 3.64. The number of carbonyl (C=O) groups is 3. The molecule has 1 aromatic carbocycles. The minimum atomic E-state index is -0.257. The van der Waals surface area contributed by atoms with E-state index in [1.807, 2.05) is 35.2 Å². The lowest BCUT2D eigenvalue weighted by Gasteiger charge is -2.33. The number of piperidine rings is 2. The topological polar surface area (TPSA) is 66.9 Å². The normalized spacial score (nSPS) is 20.4. The maximum absolute atomic E-state index is 12.5. The number of amides is 2. The quantitative estimate of drug-likeness (QED) is 0.731. The number of Topliss-reactive ketones (excluding diaryl/α,β-unsaturated/α-hetero) is 1. The smallest absolute Gasteiger partial charge is 0.410 e. The fourth-order valence-electron chi connectivity index (χ4n) is 4.24. The second-order valence-corrected chi connectivity index (χ2v) is 8.30. The Bertz CT molecular complexity index is 698. The van der Waals surface area contributed by atoms with Gasteiger partial charge >= 0.3 is 6.09 Å². The molecule has 0 radical (unpaired) electrons. The molecule has 2 heterocycles. The highest BCUT2D eigenvalue weighted by Crippen LogP contribution is 2.24. The van der Waals surface area contributed by atoms with E-state index in [1.54, 1.807) is 11.8 Å². The molecule has 2 aliphatic rings. The first-order valence-corrected chi connectivity index (χ1v) is 10.8. The Labute approximate surface area is 173 Å². The average molecular weight is 401 g/mol. The molecule has 0 bridgehead atoms. The fourth-order valence-corrected chi connectivity index (χ4v) is 4.24. The van der Waals surface area contributed by atoms with Gasteiger partial charge in [0.25, 0.3) is 0 Å². The first-order chi connectivity index (χ1) is 14.0. The molecule has 0 spiro atoms. The number of benzene rings is 1. The van der Waals surface area contributed by atoms with Crippen molar-refractivity contribution in [2.45, 2.75) is 52.1 Å². The Morgan fingerprint density at radius 3 is 2.41 bits per heavy atom. The molecule has 29 heavy (non-hydrogen) atoms. The Hall–Kier alpha value is -2.37. The van der Waals surface area contributed by atoms with Crippen LogP contribution < -0.4 is 0 Å². The highest BCUT2D eigenvalue weighted by molar-refractivity contribution is 5.81. The van der Waals surface area contributed by atoms with Crippen LogP contribution in [0.2, 0.25) is 0 Å². The third kappa shape index (κ3) is 6.31. The van der Waals surface area contributed by atoms with E-state index in [2.05, 4.69) is 0 Å². The van der Waals surface area contributed by atoms with Gasteiger partial charge < -0.3 is 14.5 Å². The summed E-state index contributed by atoms with van der Waals surface area (Å²) in [6, 6.07) is 9.68. The molecule has 2 fully saturated rings. The van der Waals surface area contributed by atoms with E-state index in [4.69, 9.17) is 4.74 Å². The number of rotatable bonds is 6. The van der Waals surface area contributed by atoms with Crippen molar-refractivity contribution in [2.24, 2.45) is 11.8 Å². The number of carbonyl (C=O) groups excluding carboxylic acids is 3. The van der Waals surface area contributed by atoms with Crippen LogP contribution in [0.1, 0.15) is 51.0 Å². The molecule has 0 aliphatic carbocycles. The summed E-state index contributed by atoms with van der Waals surface area (Å²) in [6.45, 7) is 4.64. The summed E-state index contributed by atoms with van der Waals surface area (Å²) >= 11 is 0. The predicted molar refractivity (Wildman–Crippen MR) is 110 cm³/mol. The van der Waals surface area contributed by atoms with Gasteiger partial charge in [-0.15, -0.1) is 0 Å². The van der Waals surface area contributed by atoms with Crippen molar-refractivity contribution < 1.29 is 19.1 Å². The standard InChI is InChI=1S/C23H32N2O4/c1-18(26)21-8-5-13-25(16-21)22(27)10-9-19-11-14-24(15-12-19)23(28)29-17-20-6-3-2-4-7-20/h2-4,6-7,19,21H,5,8-17H2,1H3/t21-/m1/s1. The summed E-state index contributed by atoms with van der Waals surface area (Å²) in [5.74, 6) is 0.832. The summed E-state index contributed by atoms with van der Waals surface area (Å²) in [5, 5.41) is 0. The highest BCUT2D eigenvalue weighted by Gasteiger charge is 2.28. The van der Waals surface area contributed by atoms with Crippen molar-refractivity contribution in [3.8, 4) is 0 Å². The molecule has 2 amide bonds. The maximum Gasteiger partial charge on any atom is 0.410 e. The fraction of sp³-hybridized carbons (Fsp3) is 0.609. The molecule has 3 rings (SSSR count). The molecule has 0 unspecified atom stereocenters. The zero-order chi connectivity index (χ0) is 20.6. The van der Waals surface area contributed by atoms with Gasteiger partial charge in [0.05, 0.1) is 0 Å². The van der Waals surface area contributed by atoms with Crippen molar-refractivity contribution in [2.75, 3.05) is 26.2 Å². The SMILES string of the molecule is CC(=O)[C@@H]1CCCN(C(=O)CCC2CCN(C(=O)OCc3ccccc3)CC2)C1. The van der Waals surface area contributed by atoms with E-state index in [1.165, 1.54) is 0 Å². The Morgan fingerprint density at radius 2 is 1.72 bits per heavy atom. The van der Waals surface area contributed by atoms with Gasteiger partial charge in [-0.3, -0.25) is 9.59 Å². The number of ether oxygens (including phenoxy) is 1. The highest BCUT2D eigenvalue weighted by atomic mass is 16.6. The van der Waals surface area contributed by atoms with Gasteiger partial charge in [0.1, 0.15) is 12.4 Å².